The van der Waals surface area contributed by atoms with Crippen LogP contribution in [0.3, 0.4) is 0 Å². The van der Waals surface area contributed by atoms with Gasteiger partial charge in [0.1, 0.15) is 12.4 Å². The lowest BCUT2D eigenvalue weighted by molar-refractivity contribution is -0.142. The van der Waals surface area contributed by atoms with E-state index in [-0.39, 0.29) is 21.8 Å². The zero-order chi connectivity index (χ0) is 34.2. The molecule has 4 aromatic rings. The molecule has 3 heterocycles. The molecule has 1 unspecified atom stereocenters. The molecular formula is C35H35ClFN7O4. The fraction of sp³-hybridized carbons (Fsp3) is 0.314. The van der Waals surface area contributed by atoms with Gasteiger partial charge in [0.15, 0.2) is 5.82 Å². The Morgan fingerprint density at radius 2 is 1.75 bits per heavy atom. The Bertz CT molecular complexity index is 1890. The molecule has 0 spiro atoms. The molecule has 1 fully saturated rings. The number of fused-ring (bicyclic) bond motifs is 1. The molecule has 3 aromatic carbocycles. The van der Waals surface area contributed by atoms with Gasteiger partial charge in [0.25, 0.3) is 5.91 Å². The molecule has 0 bridgehead atoms. The SMILES string of the molecule is CN1CCC(c2cccc3c2CC(C)(C)N(C(=O)/C=C/c2c(-n4cnnn4)ccc(Cl)c2F)C3C(=O)Nc2ccc(C(=O)O)cc2)CC1. The molecule has 0 radical (unpaired) electrons. The number of amides is 2. The molecule has 0 aliphatic carbocycles. The first-order valence-electron chi connectivity index (χ1n) is 15.6. The summed E-state index contributed by atoms with van der Waals surface area (Å²) in [6.45, 7) is 5.77. The number of tetrazole rings is 1. The highest BCUT2D eigenvalue weighted by Crippen LogP contribution is 2.44. The molecule has 1 atom stereocenters. The van der Waals surface area contributed by atoms with Crippen LogP contribution >= 0.6 is 11.6 Å². The van der Waals surface area contributed by atoms with Crippen molar-refractivity contribution in [2.75, 3.05) is 25.5 Å². The fourth-order valence-electron chi connectivity index (χ4n) is 6.80. The van der Waals surface area contributed by atoms with Crippen molar-refractivity contribution in [2.24, 2.45) is 0 Å². The summed E-state index contributed by atoms with van der Waals surface area (Å²) >= 11 is 6.12. The summed E-state index contributed by atoms with van der Waals surface area (Å²) in [4.78, 5) is 43.8. The van der Waals surface area contributed by atoms with Gasteiger partial charge in [-0.05, 0) is 129 Å². The quantitative estimate of drug-likeness (QED) is 0.246. The van der Waals surface area contributed by atoms with Gasteiger partial charge >= 0.3 is 5.97 Å². The van der Waals surface area contributed by atoms with Gasteiger partial charge in [-0.25, -0.2) is 9.18 Å². The molecule has 2 aliphatic rings. The molecule has 1 saturated heterocycles. The maximum Gasteiger partial charge on any atom is 0.335 e. The van der Waals surface area contributed by atoms with Crippen molar-refractivity contribution in [3.63, 3.8) is 0 Å². The predicted octanol–water partition coefficient (Wildman–Crippen LogP) is 5.52. The number of carbonyl (C=O) groups excluding carboxylic acids is 2. The lowest BCUT2D eigenvalue weighted by atomic mass is 9.75. The van der Waals surface area contributed by atoms with Crippen molar-refractivity contribution in [3.8, 4) is 5.69 Å². The number of carboxylic acids is 1. The van der Waals surface area contributed by atoms with E-state index in [0.29, 0.717) is 18.0 Å². The molecule has 248 valence electrons. The minimum absolute atomic E-state index is 0.00226. The molecule has 13 heteroatoms. The third-order valence-corrected chi connectivity index (χ3v) is 9.50. The Labute approximate surface area is 282 Å². The molecular weight excluding hydrogens is 637 g/mol. The average molecular weight is 672 g/mol. The van der Waals surface area contributed by atoms with Crippen molar-refractivity contribution in [3.05, 3.63) is 106 Å². The monoisotopic (exact) mass is 671 g/mol. The molecule has 11 nitrogen and oxygen atoms in total. The zero-order valence-corrected chi connectivity index (χ0v) is 27.5. The Morgan fingerprint density at radius 1 is 1.04 bits per heavy atom. The number of piperidine rings is 1. The number of hydrogen-bond donors (Lipinski definition) is 2. The molecule has 2 N–H and O–H groups in total. The Kier molecular flexibility index (Phi) is 9.13. The smallest absolute Gasteiger partial charge is 0.335 e. The van der Waals surface area contributed by atoms with E-state index in [1.165, 1.54) is 64.0 Å². The highest BCUT2D eigenvalue weighted by atomic mass is 35.5. The number of anilines is 1. The first kappa shape index (κ1) is 33.0. The molecule has 2 amide bonds. The first-order valence-corrected chi connectivity index (χ1v) is 16.0. The number of carbonyl (C=O) groups is 3. The van der Waals surface area contributed by atoms with Gasteiger partial charge in [-0.2, -0.15) is 4.68 Å². The number of hydrogen-bond acceptors (Lipinski definition) is 7. The Morgan fingerprint density at radius 3 is 2.42 bits per heavy atom. The summed E-state index contributed by atoms with van der Waals surface area (Å²) in [5.74, 6) is -2.49. The van der Waals surface area contributed by atoms with Gasteiger partial charge in [0.05, 0.1) is 16.3 Å². The van der Waals surface area contributed by atoms with Crippen LogP contribution in [0.15, 0.2) is 67.0 Å². The number of likely N-dealkylation sites (tertiary alicyclic amines) is 1. The number of rotatable bonds is 7. The van der Waals surface area contributed by atoms with Gasteiger partial charge in [-0.15, -0.1) is 5.10 Å². The van der Waals surface area contributed by atoms with E-state index >= 15 is 4.39 Å². The van der Waals surface area contributed by atoms with Crippen molar-refractivity contribution in [2.45, 2.75) is 50.6 Å². The minimum Gasteiger partial charge on any atom is -0.478 e. The van der Waals surface area contributed by atoms with Gasteiger partial charge < -0.3 is 20.2 Å². The lowest BCUT2D eigenvalue weighted by Gasteiger charge is -2.48. The van der Waals surface area contributed by atoms with Crippen molar-refractivity contribution >= 4 is 41.1 Å². The van der Waals surface area contributed by atoms with Crippen LogP contribution in [0, 0.1) is 5.82 Å². The van der Waals surface area contributed by atoms with Crippen molar-refractivity contribution < 1.29 is 23.9 Å². The number of halogens is 2. The summed E-state index contributed by atoms with van der Waals surface area (Å²) in [5.41, 5.74) is 2.86. The summed E-state index contributed by atoms with van der Waals surface area (Å²) in [6, 6.07) is 13.7. The zero-order valence-electron chi connectivity index (χ0n) is 26.7. The second-order valence-electron chi connectivity index (χ2n) is 12.8. The van der Waals surface area contributed by atoms with Gasteiger partial charge in [0, 0.05) is 22.9 Å². The topological polar surface area (TPSA) is 134 Å². The molecule has 2 aliphatic heterocycles. The van der Waals surface area contributed by atoms with Crippen LogP contribution in [0.1, 0.15) is 71.3 Å². The van der Waals surface area contributed by atoms with Gasteiger partial charge in [-0.1, -0.05) is 29.8 Å². The normalized spacial score (nSPS) is 18.1. The van der Waals surface area contributed by atoms with E-state index < -0.39 is 35.2 Å². The summed E-state index contributed by atoms with van der Waals surface area (Å²) in [6.07, 6.45) is 6.33. The Hall–Kier alpha value is -4.94. The molecule has 48 heavy (non-hydrogen) atoms. The van der Waals surface area contributed by atoms with Gasteiger partial charge in [0.2, 0.25) is 5.91 Å². The Balaban J connectivity index is 1.41. The maximum atomic E-state index is 15.4. The highest BCUT2D eigenvalue weighted by molar-refractivity contribution is 6.31. The number of benzene rings is 3. The largest absolute Gasteiger partial charge is 0.478 e. The van der Waals surface area contributed by atoms with Crippen LogP contribution in [-0.2, 0) is 16.0 Å². The third-order valence-electron chi connectivity index (χ3n) is 9.20. The number of nitrogens with one attached hydrogen (secondary N) is 1. The van der Waals surface area contributed by atoms with Crippen LogP contribution in [0.5, 0.6) is 0 Å². The van der Waals surface area contributed by atoms with Crippen LogP contribution in [0.2, 0.25) is 5.02 Å². The van der Waals surface area contributed by atoms with E-state index in [0.717, 1.165) is 37.1 Å². The number of nitrogens with zero attached hydrogens (tertiary/aromatic N) is 6. The molecule has 6 rings (SSSR count). The number of aromatic carboxylic acids is 1. The van der Waals surface area contributed by atoms with Crippen molar-refractivity contribution in [1.82, 2.24) is 30.0 Å². The predicted molar refractivity (Wildman–Crippen MR) is 178 cm³/mol. The van der Waals surface area contributed by atoms with E-state index in [1.807, 2.05) is 26.0 Å². The van der Waals surface area contributed by atoms with E-state index in [9.17, 15) is 19.5 Å². The molecule has 0 saturated carbocycles. The maximum absolute atomic E-state index is 15.4. The fourth-order valence-corrected chi connectivity index (χ4v) is 6.97. The lowest BCUT2D eigenvalue weighted by Crippen LogP contribution is -2.56. The first-order chi connectivity index (χ1) is 22.9. The van der Waals surface area contributed by atoms with E-state index in [1.54, 1.807) is 6.07 Å². The van der Waals surface area contributed by atoms with E-state index in [2.05, 4.69) is 38.9 Å². The summed E-state index contributed by atoms with van der Waals surface area (Å²) in [5, 5.41) is 23.2. The number of carboxylic acid groups (broad SMARTS) is 1. The minimum atomic E-state index is -1.08. The summed E-state index contributed by atoms with van der Waals surface area (Å²) < 4.78 is 16.6. The second-order valence-corrected chi connectivity index (χ2v) is 13.3. The van der Waals surface area contributed by atoms with Crippen LogP contribution in [0.25, 0.3) is 11.8 Å². The third kappa shape index (κ3) is 6.45. The average Bonchev–Trinajstić information content (AvgIpc) is 3.59. The number of aromatic nitrogens is 4. The summed E-state index contributed by atoms with van der Waals surface area (Å²) in [7, 11) is 2.11. The van der Waals surface area contributed by atoms with Crippen molar-refractivity contribution in [1.29, 1.82) is 0 Å². The standard InChI is InChI=1S/C35H35ClFN7O4/c1-35(2)19-27-24(21-15-17-42(3)18-16-21)5-4-6-25(27)32(33(46)39-23-9-7-22(8-10-23)34(47)48)44(35)30(45)14-11-26-29(43-20-38-40-41-43)13-12-28(36)31(26)37/h4-14,20-21,32H,15-19H2,1-3H3,(H,39,46)(H,47,48)/b14-11+. The van der Waals surface area contributed by atoms with Crippen LogP contribution < -0.4 is 5.32 Å². The van der Waals surface area contributed by atoms with Crippen LogP contribution in [-0.4, -0.2) is 78.6 Å². The van der Waals surface area contributed by atoms with Crippen LogP contribution in [0.4, 0.5) is 10.1 Å². The molecule has 1 aromatic heterocycles. The second kappa shape index (κ2) is 13.3. The van der Waals surface area contributed by atoms with Gasteiger partial charge in [-0.3, -0.25) is 9.59 Å². The van der Waals surface area contributed by atoms with E-state index in [4.69, 9.17) is 11.6 Å². The highest BCUT2D eigenvalue weighted by Gasteiger charge is 2.46.